The van der Waals surface area contributed by atoms with Crippen LogP contribution >= 0.6 is 15.9 Å². The zero-order valence-corrected chi connectivity index (χ0v) is 19.7. The molecule has 0 bridgehead atoms. The monoisotopic (exact) mass is 503 g/mol. The maximum atomic E-state index is 13.6. The SMILES string of the molecule is CCCCOc1cccc(C2c3c(oc4ccccc4c3=O)C(=O)N2c2ccc(Br)cc2)c1. The van der Waals surface area contributed by atoms with Gasteiger partial charge in [-0.1, -0.05) is 53.5 Å². The molecular weight excluding hydrogens is 482 g/mol. The van der Waals surface area contributed by atoms with E-state index in [-0.39, 0.29) is 17.1 Å². The third kappa shape index (κ3) is 3.85. The molecule has 0 aliphatic carbocycles. The van der Waals surface area contributed by atoms with E-state index in [1.54, 1.807) is 29.2 Å². The van der Waals surface area contributed by atoms with Crippen LogP contribution in [-0.2, 0) is 0 Å². The van der Waals surface area contributed by atoms with Crippen LogP contribution in [0.4, 0.5) is 5.69 Å². The highest BCUT2D eigenvalue weighted by molar-refractivity contribution is 9.10. The molecule has 33 heavy (non-hydrogen) atoms. The van der Waals surface area contributed by atoms with E-state index < -0.39 is 6.04 Å². The third-order valence-electron chi connectivity index (χ3n) is 5.82. The van der Waals surface area contributed by atoms with Crippen molar-refractivity contribution in [2.45, 2.75) is 25.8 Å². The van der Waals surface area contributed by atoms with Gasteiger partial charge in [0.05, 0.1) is 23.6 Å². The van der Waals surface area contributed by atoms with Crippen molar-refractivity contribution in [2.24, 2.45) is 0 Å². The van der Waals surface area contributed by atoms with Crippen molar-refractivity contribution in [1.29, 1.82) is 0 Å². The number of ether oxygens (including phenoxy) is 1. The maximum absolute atomic E-state index is 13.6. The highest BCUT2D eigenvalue weighted by Crippen LogP contribution is 2.42. The van der Waals surface area contributed by atoms with Gasteiger partial charge in [0.1, 0.15) is 11.3 Å². The molecule has 2 heterocycles. The van der Waals surface area contributed by atoms with Gasteiger partial charge in [-0.15, -0.1) is 0 Å². The molecule has 4 aromatic rings. The molecule has 0 radical (unpaired) electrons. The van der Waals surface area contributed by atoms with Crippen LogP contribution in [0, 0.1) is 0 Å². The van der Waals surface area contributed by atoms with Gasteiger partial charge < -0.3 is 9.15 Å². The van der Waals surface area contributed by atoms with E-state index in [0.29, 0.717) is 34.6 Å². The van der Waals surface area contributed by atoms with Gasteiger partial charge in [0, 0.05) is 10.2 Å². The molecule has 1 amide bonds. The normalized spacial score (nSPS) is 15.2. The minimum atomic E-state index is -0.621. The second-order valence-electron chi connectivity index (χ2n) is 8.00. The Labute approximate surface area is 199 Å². The molecule has 1 aromatic heterocycles. The summed E-state index contributed by atoms with van der Waals surface area (Å²) in [6, 6.07) is 21.5. The predicted molar refractivity (Wildman–Crippen MR) is 132 cm³/mol. The number of carbonyl (C=O) groups is 1. The lowest BCUT2D eigenvalue weighted by atomic mass is 9.98. The predicted octanol–water partition coefficient (Wildman–Crippen LogP) is 6.48. The Hall–Kier alpha value is -3.38. The van der Waals surface area contributed by atoms with Crippen molar-refractivity contribution in [1.82, 2.24) is 0 Å². The van der Waals surface area contributed by atoms with Gasteiger partial charge in [0.25, 0.3) is 5.91 Å². The van der Waals surface area contributed by atoms with E-state index in [1.165, 1.54) is 0 Å². The molecule has 0 N–H and O–H groups in total. The van der Waals surface area contributed by atoms with Gasteiger partial charge in [-0.2, -0.15) is 0 Å². The van der Waals surface area contributed by atoms with Crippen LogP contribution in [0.2, 0.25) is 0 Å². The van der Waals surface area contributed by atoms with Crippen LogP contribution < -0.4 is 15.1 Å². The molecule has 5 rings (SSSR count). The van der Waals surface area contributed by atoms with E-state index >= 15 is 0 Å². The number of rotatable bonds is 6. The topological polar surface area (TPSA) is 59.8 Å². The van der Waals surface area contributed by atoms with Crippen molar-refractivity contribution in [3.05, 3.63) is 104 Å². The number of anilines is 1. The Morgan fingerprint density at radius 3 is 2.58 bits per heavy atom. The standard InChI is InChI=1S/C27H22BrNO4/c1-2-3-15-32-20-8-6-7-17(16-20)24-23-25(30)21-9-4-5-10-22(21)33-26(23)27(31)29(24)19-13-11-18(28)12-14-19/h4-14,16,24H,2-3,15H2,1H3. The van der Waals surface area contributed by atoms with Crippen molar-refractivity contribution in [3.8, 4) is 5.75 Å². The number of carbonyl (C=O) groups excluding carboxylic acids is 1. The lowest BCUT2D eigenvalue weighted by Crippen LogP contribution is -2.29. The number of fused-ring (bicyclic) bond motifs is 2. The minimum absolute atomic E-state index is 0.0870. The number of nitrogens with zero attached hydrogens (tertiary/aromatic N) is 1. The maximum Gasteiger partial charge on any atom is 0.295 e. The number of hydrogen-bond donors (Lipinski definition) is 0. The quantitative estimate of drug-likeness (QED) is 0.282. The highest BCUT2D eigenvalue weighted by Gasteiger charge is 2.43. The third-order valence-corrected chi connectivity index (χ3v) is 6.35. The molecule has 166 valence electrons. The van der Waals surface area contributed by atoms with E-state index in [4.69, 9.17) is 9.15 Å². The highest BCUT2D eigenvalue weighted by atomic mass is 79.9. The Morgan fingerprint density at radius 1 is 1.00 bits per heavy atom. The van der Waals surface area contributed by atoms with Crippen LogP contribution in [0.25, 0.3) is 11.0 Å². The summed E-state index contributed by atoms with van der Waals surface area (Å²) in [7, 11) is 0. The summed E-state index contributed by atoms with van der Waals surface area (Å²) >= 11 is 3.45. The first-order valence-electron chi connectivity index (χ1n) is 11.0. The van der Waals surface area contributed by atoms with Crippen molar-refractivity contribution < 1.29 is 13.9 Å². The van der Waals surface area contributed by atoms with Crippen LogP contribution in [0.3, 0.4) is 0 Å². The lowest BCUT2D eigenvalue weighted by Gasteiger charge is -2.25. The summed E-state index contributed by atoms with van der Waals surface area (Å²) in [4.78, 5) is 28.8. The fourth-order valence-corrected chi connectivity index (χ4v) is 4.48. The first-order chi connectivity index (χ1) is 16.1. The molecule has 1 aliphatic heterocycles. The summed E-state index contributed by atoms with van der Waals surface area (Å²) in [6.45, 7) is 2.73. The Bertz CT molecular complexity index is 1390. The van der Waals surface area contributed by atoms with Crippen molar-refractivity contribution in [2.75, 3.05) is 11.5 Å². The van der Waals surface area contributed by atoms with Crippen LogP contribution in [-0.4, -0.2) is 12.5 Å². The van der Waals surface area contributed by atoms with Crippen LogP contribution in [0.15, 0.2) is 86.5 Å². The lowest BCUT2D eigenvalue weighted by molar-refractivity contribution is 0.0971. The van der Waals surface area contributed by atoms with Crippen molar-refractivity contribution >= 4 is 38.5 Å². The molecule has 0 saturated heterocycles. The Kier molecular flexibility index (Phi) is 5.77. The number of para-hydroxylation sites is 1. The summed E-state index contributed by atoms with van der Waals surface area (Å²) in [5.41, 5.74) is 2.04. The molecule has 6 heteroatoms. The zero-order valence-electron chi connectivity index (χ0n) is 18.1. The molecule has 0 saturated carbocycles. The van der Waals surface area contributed by atoms with Crippen LogP contribution in [0.1, 0.15) is 47.5 Å². The van der Waals surface area contributed by atoms with Crippen molar-refractivity contribution in [3.63, 3.8) is 0 Å². The van der Waals surface area contributed by atoms with Gasteiger partial charge >= 0.3 is 0 Å². The fourth-order valence-electron chi connectivity index (χ4n) is 4.21. The second kappa shape index (κ2) is 8.87. The zero-order chi connectivity index (χ0) is 22.9. The molecule has 1 unspecified atom stereocenters. The number of benzene rings is 3. The minimum Gasteiger partial charge on any atom is -0.494 e. The largest absolute Gasteiger partial charge is 0.494 e. The summed E-state index contributed by atoms with van der Waals surface area (Å²) < 4.78 is 12.8. The average molecular weight is 504 g/mol. The molecule has 5 nitrogen and oxygen atoms in total. The summed E-state index contributed by atoms with van der Waals surface area (Å²) in [5, 5.41) is 0.460. The molecule has 0 spiro atoms. The molecule has 1 atom stereocenters. The smallest absolute Gasteiger partial charge is 0.295 e. The number of amides is 1. The number of halogens is 1. The molecule has 3 aromatic carbocycles. The molecule has 0 fully saturated rings. The van der Waals surface area contributed by atoms with Gasteiger partial charge in [-0.05, 0) is 60.5 Å². The fraction of sp³-hybridized carbons (Fsp3) is 0.185. The number of unbranched alkanes of at least 4 members (excludes halogenated alkanes) is 1. The summed E-state index contributed by atoms with van der Waals surface area (Å²) in [6.07, 6.45) is 1.99. The Balaban J connectivity index is 1.70. The van der Waals surface area contributed by atoms with Gasteiger partial charge in [0.2, 0.25) is 5.76 Å². The molecular formula is C27H22BrNO4. The van der Waals surface area contributed by atoms with Gasteiger partial charge in [0.15, 0.2) is 5.43 Å². The summed E-state index contributed by atoms with van der Waals surface area (Å²) in [5.74, 6) is 0.462. The first kappa shape index (κ1) is 21.5. The average Bonchev–Trinajstić information content (AvgIpc) is 3.13. The first-order valence-corrected chi connectivity index (χ1v) is 11.8. The van der Waals surface area contributed by atoms with Gasteiger partial charge in [-0.3, -0.25) is 14.5 Å². The van der Waals surface area contributed by atoms with E-state index in [1.807, 2.05) is 48.5 Å². The second-order valence-corrected chi connectivity index (χ2v) is 8.91. The number of hydrogen-bond acceptors (Lipinski definition) is 4. The van der Waals surface area contributed by atoms with E-state index in [2.05, 4.69) is 22.9 Å². The molecule has 1 aliphatic rings. The van der Waals surface area contributed by atoms with E-state index in [0.717, 1.165) is 22.9 Å². The van der Waals surface area contributed by atoms with E-state index in [9.17, 15) is 9.59 Å². The van der Waals surface area contributed by atoms with Gasteiger partial charge in [-0.25, -0.2) is 0 Å². The van der Waals surface area contributed by atoms with Crippen LogP contribution in [0.5, 0.6) is 5.75 Å². The Morgan fingerprint density at radius 2 is 1.79 bits per heavy atom.